The summed E-state index contributed by atoms with van der Waals surface area (Å²) in [6, 6.07) is 8.82. The van der Waals surface area contributed by atoms with E-state index in [1.54, 1.807) is 0 Å². The van der Waals surface area contributed by atoms with E-state index in [4.69, 9.17) is 4.42 Å². The fourth-order valence-corrected chi connectivity index (χ4v) is 4.89. The summed E-state index contributed by atoms with van der Waals surface area (Å²) in [6.07, 6.45) is 1.92. The number of aromatic nitrogens is 1. The molecule has 1 aliphatic rings. The number of anilines is 1. The molecule has 1 aliphatic heterocycles. The maximum Gasteiger partial charge on any atom is 0.298 e. The molecule has 1 saturated heterocycles. The van der Waals surface area contributed by atoms with Gasteiger partial charge in [0.1, 0.15) is 5.52 Å². The molecule has 0 unspecified atom stereocenters. The van der Waals surface area contributed by atoms with Crippen molar-refractivity contribution in [1.82, 2.24) is 10.3 Å². The predicted octanol–water partition coefficient (Wildman–Crippen LogP) is 2.46. The van der Waals surface area contributed by atoms with E-state index in [-0.39, 0.29) is 17.4 Å². The molecule has 1 fully saturated rings. The molecule has 0 bridgehead atoms. The van der Waals surface area contributed by atoms with Crippen molar-refractivity contribution in [2.45, 2.75) is 32.7 Å². The zero-order valence-electron chi connectivity index (χ0n) is 14.9. The van der Waals surface area contributed by atoms with E-state index in [0.29, 0.717) is 18.6 Å². The molecule has 0 amide bonds. The van der Waals surface area contributed by atoms with Crippen LogP contribution in [-0.2, 0) is 9.84 Å². The summed E-state index contributed by atoms with van der Waals surface area (Å²) in [5.74, 6) is 0.672. The summed E-state index contributed by atoms with van der Waals surface area (Å²) in [7, 11) is -2.95. The number of sulfone groups is 1. The topological polar surface area (TPSA) is 75.4 Å². The average molecular weight is 365 g/mol. The number of nitrogens with one attached hydrogen (secondary N) is 1. The summed E-state index contributed by atoms with van der Waals surface area (Å²) in [4.78, 5) is 6.70. The smallest absolute Gasteiger partial charge is 0.298 e. The van der Waals surface area contributed by atoms with E-state index in [1.165, 1.54) is 0 Å². The Labute approximate surface area is 149 Å². The molecule has 2 heterocycles. The Morgan fingerprint density at radius 3 is 2.68 bits per heavy atom. The number of hydrogen-bond acceptors (Lipinski definition) is 6. The number of para-hydroxylation sites is 2. The summed E-state index contributed by atoms with van der Waals surface area (Å²) < 4.78 is 29.7. The van der Waals surface area contributed by atoms with Crippen LogP contribution in [0.3, 0.4) is 0 Å². The van der Waals surface area contributed by atoms with Crippen LogP contribution in [0.4, 0.5) is 6.01 Å². The Bertz CT molecular complexity index is 760. The quantitative estimate of drug-likeness (QED) is 0.812. The first-order valence-corrected chi connectivity index (χ1v) is 10.8. The van der Waals surface area contributed by atoms with Crippen LogP contribution < -0.4 is 10.2 Å². The second-order valence-electron chi connectivity index (χ2n) is 7.19. The molecule has 0 saturated carbocycles. The molecule has 1 aromatic heterocycles. The molecule has 1 N–H and O–H groups in total. The number of fused-ring (bicyclic) bond motifs is 1. The second kappa shape index (κ2) is 7.74. The van der Waals surface area contributed by atoms with Crippen LogP contribution in [0.15, 0.2) is 28.7 Å². The standard InChI is InChI=1S/C18H27N3O3S/c1-14(2)13-25(22,23)12-9-19-15-7-10-21(11-8-15)18-20-16-5-3-4-6-17(16)24-18/h3-6,14-15,19H,7-13H2,1-2H3. The molecule has 3 rings (SSSR count). The van der Waals surface area contributed by atoms with E-state index < -0.39 is 9.84 Å². The lowest BCUT2D eigenvalue weighted by atomic mass is 10.1. The third-order valence-electron chi connectivity index (χ3n) is 4.48. The largest absolute Gasteiger partial charge is 0.423 e. The van der Waals surface area contributed by atoms with Crippen LogP contribution in [0.2, 0.25) is 0 Å². The fraction of sp³-hybridized carbons (Fsp3) is 0.611. The molecule has 6 nitrogen and oxygen atoms in total. The van der Waals surface area contributed by atoms with E-state index in [2.05, 4.69) is 15.2 Å². The van der Waals surface area contributed by atoms with Gasteiger partial charge >= 0.3 is 0 Å². The number of benzene rings is 1. The van der Waals surface area contributed by atoms with Crippen molar-refractivity contribution >= 4 is 27.0 Å². The van der Waals surface area contributed by atoms with Gasteiger partial charge in [0.05, 0.1) is 11.5 Å². The van der Waals surface area contributed by atoms with Crippen molar-refractivity contribution < 1.29 is 12.8 Å². The lowest BCUT2D eigenvalue weighted by molar-refractivity contribution is 0.408. The molecular weight excluding hydrogens is 338 g/mol. The van der Waals surface area contributed by atoms with Crippen LogP contribution in [0, 0.1) is 5.92 Å². The number of rotatable bonds is 7. The van der Waals surface area contributed by atoms with Gasteiger partial charge in [-0.2, -0.15) is 4.98 Å². The molecule has 0 radical (unpaired) electrons. The van der Waals surface area contributed by atoms with Gasteiger partial charge in [-0.25, -0.2) is 8.42 Å². The van der Waals surface area contributed by atoms with Gasteiger partial charge in [-0.05, 0) is 30.9 Å². The molecule has 0 aliphatic carbocycles. The van der Waals surface area contributed by atoms with Crippen molar-refractivity contribution in [3.05, 3.63) is 24.3 Å². The molecule has 1 aromatic carbocycles. The highest BCUT2D eigenvalue weighted by Gasteiger charge is 2.23. The van der Waals surface area contributed by atoms with E-state index in [1.807, 2.05) is 38.1 Å². The highest BCUT2D eigenvalue weighted by Crippen LogP contribution is 2.24. The zero-order valence-corrected chi connectivity index (χ0v) is 15.8. The normalized spacial score (nSPS) is 16.8. The molecule has 0 spiro atoms. The number of piperidine rings is 1. The number of hydrogen-bond donors (Lipinski definition) is 1. The maximum atomic E-state index is 11.9. The first kappa shape index (κ1) is 18.2. The van der Waals surface area contributed by atoms with Crippen LogP contribution in [0.1, 0.15) is 26.7 Å². The van der Waals surface area contributed by atoms with E-state index >= 15 is 0 Å². The minimum atomic E-state index is -2.95. The van der Waals surface area contributed by atoms with Crippen LogP contribution in [0.25, 0.3) is 11.1 Å². The van der Waals surface area contributed by atoms with E-state index in [0.717, 1.165) is 37.0 Å². The zero-order chi connectivity index (χ0) is 17.9. The first-order chi connectivity index (χ1) is 11.9. The fourth-order valence-electron chi connectivity index (χ4n) is 3.28. The van der Waals surface area contributed by atoms with Crippen LogP contribution >= 0.6 is 0 Å². The van der Waals surface area contributed by atoms with Gasteiger partial charge in [-0.3, -0.25) is 0 Å². The SMILES string of the molecule is CC(C)CS(=O)(=O)CCNC1CCN(c2nc3ccccc3o2)CC1. The van der Waals surface area contributed by atoms with Gasteiger partial charge in [-0.1, -0.05) is 26.0 Å². The van der Waals surface area contributed by atoms with Gasteiger partial charge in [0.2, 0.25) is 0 Å². The second-order valence-corrected chi connectivity index (χ2v) is 9.42. The molecule has 0 atom stereocenters. The van der Waals surface area contributed by atoms with Crippen LogP contribution in [-0.4, -0.2) is 50.6 Å². The van der Waals surface area contributed by atoms with Gasteiger partial charge in [-0.15, -0.1) is 0 Å². The molecule has 7 heteroatoms. The maximum absolute atomic E-state index is 11.9. The Kier molecular flexibility index (Phi) is 5.64. The Morgan fingerprint density at radius 1 is 1.28 bits per heavy atom. The monoisotopic (exact) mass is 365 g/mol. The summed E-state index contributed by atoms with van der Waals surface area (Å²) in [5, 5.41) is 3.39. The summed E-state index contributed by atoms with van der Waals surface area (Å²) >= 11 is 0. The van der Waals surface area contributed by atoms with Gasteiger partial charge < -0.3 is 14.6 Å². The highest BCUT2D eigenvalue weighted by atomic mass is 32.2. The molecular formula is C18H27N3O3S. The van der Waals surface area contributed by atoms with Gasteiger partial charge in [0.25, 0.3) is 6.01 Å². The van der Waals surface area contributed by atoms with Gasteiger partial charge in [0.15, 0.2) is 15.4 Å². The Morgan fingerprint density at radius 2 is 2.00 bits per heavy atom. The van der Waals surface area contributed by atoms with Crippen molar-refractivity contribution in [3.8, 4) is 0 Å². The average Bonchev–Trinajstić information content (AvgIpc) is 2.98. The highest BCUT2D eigenvalue weighted by molar-refractivity contribution is 7.91. The lowest BCUT2D eigenvalue weighted by Crippen LogP contribution is -2.44. The van der Waals surface area contributed by atoms with E-state index in [9.17, 15) is 8.42 Å². The van der Waals surface area contributed by atoms with Crippen molar-refractivity contribution in [3.63, 3.8) is 0 Å². The third kappa shape index (κ3) is 4.95. The van der Waals surface area contributed by atoms with Crippen LogP contribution in [0.5, 0.6) is 0 Å². The summed E-state index contributed by atoms with van der Waals surface area (Å²) in [5.41, 5.74) is 1.70. The van der Waals surface area contributed by atoms with Crippen molar-refractivity contribution in [1.29, 1.82) is 0 Å². The Hall–Kier alpha value is -1.60. The Balaban J connectivity index is 1.46. The first-order valence-electron chi connectivity index (χ1n) is 8.97. The minimum Gasteiger partial charge on any atom is -0.423 e. The lowest BCUT2D eigenvalue weighted by Gasteiger charge is -2.31. The summed E-state index contributed by atoms with van der Waals surface area (Å²) in [6.45, 7) is 6.13. The van der Waals surface area contributed by atoms with Crippen molar-refractivity contribution in [2.24, 2.45) is 5.92 Å². The third-order valence-corrected chi connectivity index (χ3v) is 6.48. The molecule has 2 aromatic rings. The van der Waals surface area contributed by atoms with Gasteiger partial charge in [0, 0.05) is 25.7 Å². The van der Waals surface area contributed by atoms with Crippen molar-refractivity contribution in [2.75, 3.05) is 36.0 Å². The molecule has 138 valence electrons. The minimum absolute atomic E-state index is 0.185. The predicted molar refractivity (Wildman–Crippen MR) is 101 cm³/mol. The number of oxazole rings is 1. The number of nitrogens with zero attached hydrogens (tertiary/aromatic N) is 2. The molecule has 25 heavy (non-hydrogen) atoms.